The smallest absolute Gasteiger partial charge is 0.315 e. The second-order valence-corrected chi connectivity index (χ2v) is 5.23. The van der Waals surface area contributed by atoms with Crippen molar-refractivity contribution in [2.75, 3.05) is 13.2 Å². The van der Waals surface area contributed by atoms with E-state index < -0.39 is 0 Å². The SMILES string of the molecule is Cc1ccsc1CNC(=O)NCC1CCCO1. The van der Waals surface area contributed by atoms with Gasteiger partial charge in [-0.05, 0) is 36.8 Å². The van der Waals surface area contributed by atoms with Crippen LogP contribution >= 0.6 is 11.3 Å². The number of amides is 2. The third kappa shape index (κ3) is 3.71. The van der Waals surface area contributed by atoms with Gasteiger partial charge in [-0.3, -0.25) is 0 Å². The molecule has 1 aliphatic rings. The van der Waals surface area contributed by atoms with Crippen molar-refractivity contribution in [1.29, 1.82) is 0 Å². The van der Waals surface area contributed by atoms with Crippen molar-refractivity contribution in [2.24, 2.45) is 0 Å². The Morgan fingerprint density at radius 3 is 3.12 bits per heavy atom. The summed E-state index contributed by atoms with van der Waals surface area (Å²) in [5.74, 6) is 0. The zero-order valence-corrected chi connectivity index (χ0v) is 10.8. The van der Waals surface area contributed by atoms with Gasteiger partial charge in [-0.25, -0.2) is 4.79 Å². The highest BCUT2D eigenvalue weighted by molar-refractivity contribution is 7.10. The lowest BCUT2D eigenvalue weighted by Crippen LogP contribution is -2.39. The van der Waals surface area contributed by atoms with Crippen LogP contribution in [-0.4, -0.2) is 25.3 Å². The van der Waals surface area contributed by atoms with E-state index in [4.69, 9.17) is 4.74 Å². The molecule has 0 aliphatic carbocycles. The lowest BCUT2D eigenvalue weighted by Gasteiger charge is -2.11. The summed E-state index contributed by atoms with van der Waals surface area (Å²) in [6.07, 6.45) is 2.34. The zero-order chi connectivity index (χ0) is 12.1. The normalized spacial score (nSPS) is 19.2. The molecule has 1 aromatic heterocycles. The van der Waals surface area contributed by atoms with Gasteiger partial charge in [0.2, 0.25) is 0 Å². The molecule has 2 heterocycles. The Bertz CT molecular complexity index is 372. The summed E-state index contributed by atoms with van der Waals surface area (Å²) in [4.78, 5) is 12.7. The minimum Gasteiger partial charge on any atom is -0.376 e. The van der Waals surface area contributed by atoms with E-state index in [0.717, 1.165) is 19.4 Å². The number of carbonyl (C=O) groups excluding carboxylic acids is 1. The number of rotatable bonds is 4. The van der Waals surface area contributed by atoms with Gasteiger partial charge in [-0.1, -0.05) is 0 Å². The maximum Gasteiger partial charge on any atom is 0.315 e. The van der Waals surface area contributed by atoms with Gasteiger partial charge in [0.15, 0.2) is 0 Å². The molecule has 0 radical (unpaired) electrons. The fourth-order valence-corrected chi connectivity index (χ4v) is 2.67. The van der Waals surface area contributed by atoms with E-state index in [1.54, 1.807) is 11.3 Å². The first-order valence-corrected chi connectivity index (χ1v) is 6.80. The third-order valence-electron chi connectivity index (χ3n) is 2.89. The van der Waals surface area contributed by atoms with Crippen LogP contribution in [0.25, 0.3) is 0 Å². The summed E-state index contributed by atoms with van der Waals surface area (Å²) >= 11 is 1.67. The van der Waals surface area contributed by atoms with Gasteiger partial charge in [0.1, 0.15) is 0 Å². The Balaban J connectivity index is 1.65. The molecule has 1 saturated heterocycles. The Morgan fingerprint density at radius 2 is 2.47 bits per heavy atom. The lowest BCUT2D eigenvalue weighted by molar-refractivity contribution is 0.111. The molecular formula is C12H18N2O2S. The van der Waals surface area contributed by atoms with Crippen molar-refractivity contribution in [3.8, 4) is 0 Å². The van der Waals surface area contributed by atoms with Gasteiger partial charge in [0.25, 0.3) is 0 Å². The molecule has 0 bridgehead atoms. The molecule has 94 valence electrons. The highest BCUT2D eigenvalue weighted by atomic mass is 32.1. The largest absolute Gasteiger partial charge is 0.376 e. The van der Waals surface area contributed by atoms with Gasteiger partial charge < -0.3 is 15.4 Å². The average molecular weight is 254 g/mol. The van der Waals surface area contributed by atoms with Crippen LogP contribution in [-0.2, 0) is 11.3 Å². The monoisotopic (exact) mass is 254 g/mol. The van der Waals surface area contributed by atoms with Crippen molar-refractivity contribution in [2.45, 2.75) is 32.4 Å². The number of aryl methyl sites for hydroxylation is 1. The van der Waals surface area contributed by atoms with E-state index in [-0.39, 0.29) is 12.1 Å². The second-order valence-electron chi connectivity index (χ2n) is 4.23. The molecule has 0 saturated carbocycles. The van der Waals surface area contributed by atoms with Gasteiger partial charge in [0, 0.05) is 18.0 Å². The Kier molecular flexibility index (Phi) is 4.39. The minimum absolute atomic E-state index is 0.117. The minimum atomic E-state index is -0.117. The molecule has 1 aromatic rings. The van der Waals surface area contributed by atoms with E-state index >= 15 is 0 Å². The van der Waals surface area contributed by atoms with E-state index in [2.05, 4.69) is 23.6 Å². The summed E-state index contributed by atoms with van der Waals surface area (Å²) in [7, 11) is 0. The quantitative estimate of drug-likeness (QED) is 0.864. The first-order valence-electron chi connectivity index (χ1n) is 5.92. The van der Waals surface area contributed by atoms with Crippen molar-refractivity contribution in [3.63, 3.8) is 0 Å². The Labute approximate surface area is 105 Å². The molecule has 5 heteroatoms. The van der Waals surface area contributed by atoms with E-state index in [1.807, 2.05) is 5.38 Å². The molecule has 1 fully saturated rings. The van der Waals surface area contributed by atoms with Crippen LogP contribution in [0.3, 0.4) is 0 Å². The summed E-state index contributed by atoms with van der Waals surface area (Å²) < 4.78 is 5.43. The number of nitrogens with one attached hydrogen (secondary N) is 2. The van der Waals surface area contributed by atoms with Crippen molar-refractivity contribution in [1.82, 2.24) is 10.6 Å². The predicted molar refractivity (Wildman–Crippen MR) is 68.3 cm³/mol. The maximum atomic E-state index is 11.5. The number of hydrogen-bond donors (Lipinski definition) is 2. The Morgan fingerprint density at radius 1 is 1.59 bits per heavy atom. The lowest BCUT2D eigenvalue weighted by atomic mass is 10.2. The number of ether oxygens (including phenoxy) is 1. The number of carbonyl (C=O) groups is 1. The molecule has 4 nitrogen and oxygen atoms in total. The van der Waals surface area contributed by atoms with Crippen molar-refractivity contribution >= 4 is 17.4 Å². The predicted octanol–water partition coefficient (Wildman–Crippen LogP) is 2.03. The fraction of sp³-hybridized carbons (Fsp3) is 0.583. The van der Waals surface area contributed by atoms with Gasteiger partial charge in [0.05, 0.1) is 12.6 Å². The van der Waals surface area contributed by atoms with E-state index in [0.29, 0.717) is 13.1 Å². The third-order valence-corrected chi connectivity index (χ3v) is 3.91. The maximum absolute atomic E-state index is 11.5. The molecule has 1 aliphatic heterocycles. The summed E-state index contributed by atoms with van der Waals surface area (Å²) in [6, 6.07) is 1.94. The van der Waals surface area contributed by atoms with Gasteiger partial charge in [-0.2, -0.15) is 0 Å². The van der Waals surface area contributed by atoms with E-state index in [9.17, 15) is 4.79 Å². The molecule has 1 atom stereocenters. The van der Waals surface area contributed by atoms with Crippen LogP contribution in [0.2, 0.25) is 0 Å². The van der Waals surface area contributed by atoms with Crippen LogP contribution in [0.5, 0.6) is 0 Å². The van der Waals surface area contributed by atoms with Gasteiger partial charge in [-0.15, -0.1) is 11.3 Å². The molecule has 2 N–H and O–H groups in total. The highest BCUT2D eigenvalue weighted by Crippen LogP contribution is 2.14. The molecule has 1 unspecified atom stereocenters. The molecule has 17 heavy (non-hydrogen) atoms. The summed E-state index contributed by atoms with van der Waals surface area (Å²) in [5, 5.41) is 7.73. The highest BCUT2D eigenvalue weighted by Gasteiger charge is 2.15. The average Bonchev–Trinajstić information content (AvgIpc) is 2.95. The van der Waals surface area contributed by atoms with Crippen LogP contribution in [0.1, 0.15) is 23.3 Å². The summed E-state index contributed by atoms with van der Waals surface area (Å²) in [5.41, 5.74) is 1.23. The molecule has 0 aromatic carbocycles. The number of urea groups is 1. The summed E-state index contributed by atoms with van der Waals surface area (Å²) in [6.45, 7) is 4.08. The van der Waals surface area contributed by atoms with Crippen LogP contribution in [0.15, 0.2) is 11.4 Å². The standard InChI is InChI=1S/C12H18N2O2S/c1-9-4-6-17-11(9)8-14-12(15)13-7-10-3-2-5-16-10/h4,6,10H,2-3,5,7-8H2,1H3,(H2,13,14,15). The zero-order valence-electron chi connectivity index (χ0n) is 9.99. The van der Waals surface area contributed by atoms with Crippen LogP contribution < -0.4 is 10.6 Å². The molecular weight excluding hydrogens is 236 g/mol. The number of thiophene rings is 1. The molecule has 2 rings (SSSR count). The van der Waals surface area contributed by atoms with E-state index in [1.165, 1.54) is 10.4 Å². The molecule has 0 spiro atoms. The fourth-order valence-electron chi connectivity index (χ4n) is 1.82. The van der Waals surface area contributed by atoms with Crippen LogP contribution in [0, 0.1) is 6.92 Å². The second kappa shape index (κ2) is 6.02. The number of hydrogen-bond acceptors (Lipinski definition) is 3. The topological polar surface area (TPSA) is 50.4 Å². The molecule has 2 amide bonds. The first kappa shape index (κ1) is 12.4. The van der Waals surface area contributed by atoms with Gasteiger partial charge >= 0.3 is 6.03 Å². The first-order chi connectivity index (χ1) is 8.25. The van der Waals surface area contributed by atoms with Crippen molar-refractivity contribution < 1.29 is 9.53 Å². The van der Waals surface area contributed by atoms with Crippen molar-refractivity contribution in [3.05, 3.63) is 21.9 Å². The van der Waals surface area contributed by atoms with Crippen LogP contribution in [0.4, 0.5) is 4.79 Å². The Hall–Kier alpha value is -1.07.